The zero-order valence-electron chi connectivity index (χ0n) is 13.7. The van der Waals surface area contributed by atoms with Crippen LogP contribution in [0.2, 0.25) is 0 Å². The number of Topliss-reactive ketones (excluding diaryl/α,β-unsaturated/α-hetero) is 1. The summed E-state index contributed by atoms with van der Waals surface area (Å²) in [5.41, 5.74) is 1.89. The molecule has 24 heavy (non-hydrogen) atoms. The van der Waals surface area contributed by atoms with Crippen LogP contribution in [0.25, 0.3) is 0 Å². The third-order valence-corrected chi connectivity index (χ3v) is 5.12. The first-order chi connectivity index (χ1) is 11.7. The molecule has 0 bridgehead atoms. The number of methoxy groups -OCH3 is 1. The Hall–Kier alpha value is -1.98. The van der Waals surface area contributed by atoms with Crippen molar-refractivity contribution in [2.45, 2.75) is 11.7 Å². The molecule has 0 radical (unpaired) electrons. The van der Waals surface area contributed by atoms with Gasteiger partial charge in [0.2, 0.25) is 0 Å². The van der Waals surface area contributed by atoms with Gasteiger partial charge in [-0.15, -0.1) is 11.8 Å². The molecular weight excluding hydrogens is 322 g/mol. The summed E-state index contributed by atoms with van der Waals surface area (Å²) in [5, 5.41) is 4.00. The van der Waals surface area contributed by atoms with Crippen LogP contribution >= 0.6 is 11.8 Å². The van der Waals surface area contributed by atoms with Crippen LogP contribution in [-0.4, -0.2) is 37.2 Å². The van der Waals surface area contributed by atoms with Crippen LogP contribution in [0.15, 0.2) is 48.5 Å². The molecule has 1 atom stereocenters. The summed E-state index contributed by atoms with van der Waals surface area (Å²) in [5.74, 6) is 2.36. The zero-order valence-corrected chi connectivity index (χ0v) is 14.5. The number of hydrogen-bond donors (Lipinski definition) is 1. The van der Waals surface area contributed by atoms with E-state index in [9.17, 15) is 4.79 Å². The predicted molar refractivity (Wildman–Crippen MR) is 97.2 cm³/mol. The number of benzene rings is 2. The molecule has 4 nitrogen and oxygen atoms in total. The average Bonchev–Trinajstić information content (AvgIpc) is 3.14. The van der Waals surface area contributed by atoms with Gasteiger partial charge >= 0.3 is 0 Å². The third kappa shape index (κ3) is 4.52. The lowest BCUT2D eigenvalue weighted by atomic mass is 10.1. The second-order valence-electron chi connectivity index (χ2n) is 5.68. The summed E-state index contributed by atoms with van der Waals surface area (Å²) >= 11 is 1.96. The topological polar surface area (TPSA) is 47.6 Å². The number of thioether (sulfide) groups is 1. The monoisotopic (exact) mass is 343 g/mol. The third-order valence-electron chi connectivity index (χ3n) is 3.94. The minimum absolute atomic E-state index is 0.0227. The molecule has 2 aromatic carbocycles. The molecule has 1 unspecified atom stereocenters. The van der Waals surface area contributed by atoms with Gasteiger partial charge in [0.05, 0.1) is 7.11 Å². The molecule has 2 aromatic rings. The van der Waals surface area contributed by atoms with Crippen LogP contribution in [0.5, 0.6) is 11.5 Å². The van der Waals surface area contributed by atoms with Crippen molar-refractivity contribution in [3.05, 3.63) is 59.7 Å². The Balaban J connectivity index is 1.53. The van der Waals surface area contributed by atoms with Gasteiger partial charge in [0.25, 0.3) is 0 Å². The van der Waals surface area contributed by atoms with Crippen LogP contribution in [0, 0.1) is 0 Å². The van der Waals surface area contributed by atoms with Crippen LogP contribution in [0.3, 0.4) is 0 Å². The SMILES string of the molecule is COc1cccc(C(=O)COc2ccc(CC3CNCS3)cc2)c1. The fraction of sp³-hybridized carbons (Fsp3) is 0.316. The Morgan fingerprint density at radius 3 is 2.75 bits per heavy atom. The largest absolute Gasteiger partial charge is 0.497 e. The van der Waals surface area contributed by atoms with Gasteiger partial charge in [0.1, 0.15) is 11.5 Å². The second-order valence-corrected chi connectivity index (χ2v) is 6.97. The molecule has 0 aliphatic carbocycles. The summed E-state index contributed by atoms with van der Waals surface area (Å²) in [7, 11) is 1.59. The smallest absolute Gasteiger partial charge is 0.200 e. The normalized spacial score (nSPS) is 16.8. The van der Waals surface area contributed by atoms with Gasteiger partial charge in [-0.25, -0.2) is 0 Å². The average molecular weight is 343 g/mol. The molecule has 0 amide bonds. The summed E-state index contributed by atoms with van der Waals surface area (Å²) in [6, 6.07) is 15.1. The van der Waals surface area contributed by atoms with Crippen LogP contribution in [0.1, 0.15) is 15.9 Å². The van der Waals surface area contributed by atoms with E-state index in [1.807, 2.05) is 30.0 Å². The van der Waals surface area contributed by atoms with Gasteiger partial charge in [0, 0.05) is 23.2 Å². The van der Waals surface area contributed by atoms with Gasteiger partial charge in [-0.2, -0.15) is 0 Å². The Bertz CT molecular complexity index is 681. The lowest BCUT2D eigenvalue weighted by Gasteiger charge is -2.10. The van der Waals surface area contributed by atoms with E-state index < -0.39 is 0 Å². The zero-order chi connectivity index (χ0) is 16.8. The first kappa shape index (κ1) is 16.9. The van der Waals surface area contributed by atoms with Crippen molar-refractivity contribution < 1.29 is 14.3 Å². The minimum atomic E-state index is -0.0635. The molecule has 3 rings (SSSR count). The Labute approximate surface area is 146 Å². The van der Waals surface area contributed by atoms with Crippen molar-refractivity contribution in [3.8, 4) is 11.5 Å². The molecule has 1 aliphatic rings. The lowest BCUT2D eigenvalue weighted by molar-refractivity contribution is 0.0921. The fourth-order valence-electron chi connectivity index (χ4n) is 2.60. The summed E-state index contributed by atoms with van der Waals surface area (Å²) in [6.45, 7) is 1.09. The van der Waals surface area contributed by atoms with Gasteiger partial charge in [-0.1, -0.05) is 24.3 Å². The molecule has 126 valence electrons. The van der Waals surface area contributed by atoms with Crippen LogP contribution in [0.4, 0.5) is 0 Å². The van der Waals surface area contributed by atoms with Gasteiger partial charge in [0.15, 0.2) is 12.4 Å². The van der Waals surface area contributed by atoms with E-state index in [-0.39, 0.29) is 12.4 Å². The molecule has 0 spiro atoms. The maximum atomic E-state index is 12.2. The molecule has 1 fully saturated rings. The van der Waals surface area contributed by atoms with Crippen molar-refractivity contribution in [2.24, 2.45) is 0 Å². The van der Waals surface area contributed by atoms with E-state index in [1.54, 1.807) is 25.3 Å². The molecular formula is C19H21NO3S. The van der Waals surface area contributed by atoms with Crippen molar-refractivity contribution in [2.75, 3.05) is 26.1 Å². The molecule has 0 saturated carbocycles. The highest BCUT2D eigenvalue weighted by molar-refractivity contribution is 8.00. The molecule has 1 aliphatic heterocycles. The second kappa shape index (κ2) is 8.22. The van der Waals surface area contributed by atoms with Gasteiger partial charge in [-0.3, -0.25) is 4.79 Å². The Morgan fingerprint density at radius 2 is 2.04 bits per heavy atom. The number of carbonyl (C=O) groups excluding carboxylic acids is 1. The first-order valence-corrected chi connectivity index (χ1v) is 9.01. The molecule has 1 saturated heterocycles. The van der Waals surface area contributed by atoms with Crippen molar-refractivity contribution in [1.29, 1.82) is 0 Å². The molecule has 0 aromatic heterocycles. The summed E-state index contributed by atoms with van der Waals surface area (Å²) < 4.78 is 10.7. The fourth-order valence-corrected chi connectivity index (χ4v) is 3.62. The maximum absolute atomic E-state index is 12.2. The van der Waals surface area contributed by atoms with Crippen LogP contribution in [-0.2, 0) is 6.42 Å². The summed E-state index contributed by atoms with van der Waals surface area (Å²) in [6.07, 6.45) is 1.06. The summed E-state index contributed by atoms with van der Waals surface area (Å²) in [4.78, 5) is 12.2. The molecule has 1 heterocycles. The van der Waals surface area contributed by atoms with E-state index in [1.165, 1.54) is 5.56 Å². The highest BCUT2D eigenvalue weighted by Crippen LogP contribution is 2.21. The Kier molecular flexibility index (Phi) is 5.77. The highest BCUT2D eigenvalue weighted by atomic mass is 32.2. The first-order valence-electron chi connectivity index (χ1n) is 7.96. The Morgan fingerprint density at radius 1 is 1.21 bits per heavy atom. The number of carbonyl (C=O) groups is 1. The van der Waals surface area contributed by atoms with E-state index in [0.717, 1.165) is 18.8 Å². The van der Waals surface area contributed by atoms with Crippen molar-refractivity contribution in [1.82, 2.24) is 5.32 Å². The van der Waals surface area contributed by atoms with E-state index >= 15 is 0 Å². The predicted octanol–water partition coefficient (Wildman–Crippen LogP) is 3.16. The molecule has 1 N–H and O–H groups in total. The number of ether oxygens (including phenoxy) is 2. The lowest BCUT2D eigenvalue weighted by Crippen LogP contribution is -2.14. The number of hydrogen-bond acceptors (Lipinski definition) is 5. The van der Waals surface area contributed by atoms with Crippen molar-refractivity contribution in [3.63, 3.8) is 0 Å². The van der Waals surface area contributed by atoms with E-state index in [2.05, 4.69) is 17.4 Å². The van der Waals surface area contributed by atoms with E-state index in [4.69, 9.17) is 9.47 Å². The quantitative estimate of drug-likeness (QED) is 0.783. The highest BCUT2D eigenvalue weighted by Gasteiger charge is 2.15. The molecule has 5 heteroatoms. The number of rotatable bonds is 7. The maximum Gasteiger partial charge on any atom is 0.200 e. The van der Waals surface area contributed by atoms with Gasteiger partial charge in [-0.05, 0) is 36.2 Å². The minimum Gasteiger partial charge on any atom is -0.497 e. The van der Waals surface area contributed by atoms with Crippen LogP contribution < -0.4 is 14.8 Å². The van der Waals surface area contributed by atoms with E-state index in [0.29, 0.717) is 22.3 Å². The van der Waals surface area contributed by atoms with Gasteiger partial charge < -0.3 is 14.8 Å². The van der Waals surface area contributed by atoms with Crippen molar-refractivity contribution >= 4 is 17.5 Å². The standard InChI is InChI=1S/C19H21NO3S/c1-22-17-4-2-3-15(10-17)19(21)12-23-16-7-5-14(6-8-16)9-18-11-20-13-24-18/h2-8,10,18,20H,9,11-13H2,1H3. The number of nitrogens with one attached hydrogen (secondary N) is 1. The number of ketones is 1.